The summed E-state index contributed by atoms with van der Waals surface area (Å²) in [6.07, 6.45) is 1.98. The number of aryl methyl sites for hydroxylation is 1. The molecule has 0 fully saturated rings. The molecule has 70 valence electrons. The van der Waals surface area contributed by atoms with Crippen LogP contribution in [0.1, 0.15) is 18.9 Å². The maximum absolute atomic E-state index is 4.68. The smallest absolute Gasteiger partial charge is 0.106 e. The number of rotatable bonds is 4. The monoisotopic (exact) mass is 177 g/mol. The van der Waals surface area contributed by atoms with E-state index >= 15 is 0 Å². The highest BCUT2D eigenvalue weighted by Gasteiger charge is 1.94. The van der Waals surface area contributed by atoms with Gasteiger partial charge in [-0.05, 0) is 25.3 Å². The SMILES string of the molecule is CO/N=C(/C)CCc1ccccc1. The lowest BCUT2D eigenvalue weighted by molar-refractivity contribution is 0.212. The average Bonchev–Trinajstić information content (AvgIpc) is 2.17. The molecule has 0 saturated heterocycles. The molecule has 0 aromatic heterocycles. The van der Waals surface area contributed by atoms with Crippen molar-refractivity contribution in [2.45, 2.75) is 19.8 Å². The molecule has 1 rings (SSSR count). The lowest BCUT2D eigenvalue weighted by atomic mass is 10.1. The Balaban J connectivity index is 2.39. The molecule has 0 atom stereocenters. The van der Waals surface area contributed by atoms with E-state index in [9.17, 15) is 0 Å². The molecular weight excluding hydrogens is 162 g/mol. The van der Waals surface area contributed by atoms with Crippen molar-refractivity contribution in [1.29, 1.82) is 0 Å². The largest absolute Gasteiger partial charge is 0.399 e. The molecule has 13 heavy (non-hydrogen) atoms. The third kappa shape index (κ3) is 3.74. The topological polar surface area (TPSA) is 21.6 Å². The molecule has 0 aliphatic rings. The zero-order valence-electron chi connectivity index (χ0n) is 8.16. The summed E-state index contributed by atoms with van der Waals surface area (Å²) >= 11 is 0. The first-order valence-electron chi connectivity index (χ1n) is 4.43. The van der Waals surface area contributed by atoms with E-state index in [1.165, 1.54) is 5.56 Å². The fourth-order valence-corrected chi connectivity index (χ4v) is 1.17. The van der Waals surface area contributed by atoms with E-state index in [0.717, 1.165) is 18.6 Å². The summed E-state index contributed by atoms with van der Waals surface area (Å²) in [6, 6.07) is 10.4. The van der Waals surface area contributed by atoms with Gasteiger partial charge in [0.25, 0.3) is 0 Å². The molecule has 1 aromatic carbocycles. The summed E-state index contributed by atoms with van der Waals surface area (Å²) in [5.74, 6) is 0. The van der Waals surface area contributed by atoms with Crippen LogP contribution in [0, 0.1) is 0 Å². The molecule has 0 aliphatic heterocycles. The van der Waals surface area contributed by atoms with Crippen LogP contribution in [0.15, 0.2) is 35.5 Å². The van der Waals surface area contributed by atoms with E-state index in [2.05, 4.69) is 34.3 Å². The van der Waals surface area contributed by atoms with Gasteiger partial charge in [-0.25, -0.2) is 0 Å². The second kappa shape index (κ2) is 5.36. The second-order valence-electron chi connectivity index (χ2n) is 2.99. The van der Waals surface area contributed by atoms with Crippen LogP contribution in [0.2, 0.25) is 0 Å². The summed E-state index contributed by atoms with van der Waals surface area (Å²) in [7, 11) is 1.58. The van der Waals surface area contributed by atoms with Gasteiger partial charge in [-0.2, -0.15) is 0 Å². The van der Waals surface area contributed by atoms with E-state index in [1.54, 1.807) is 7.11 Å². The third-order valence-electron chi connectivity index (χ3n) is 1.87. The molecule has 0 amide bonds. The van der Waals surface area contributed by atoms with Gasteiger partial charge >= 0.3 is 0 Å². The first kappa shape index (κ1) is 9.78. The highest BCUT2D eigenvalue weighted by Crippen LogP contribution is 2.03. The van der Waals surface area contributed by atoms with Crippen molar-refractivity contribution in [2.75, 3.05) is 7.11 Å². The summed E-state index contributed by atoms with van der Waals surface area (Å²) in [6.45, 7) is 1.98. The van der Waals surface area contributed by atoms with Crippen molar-refractivity contribution in [3.05, 3.63) is 35.9 Å². The van der Waals surface area contributed by atoms with Gasteiger partial charge in [-0.1, -0.05) is 35.5 Å². The predicted molar refractivity (Wildman–Crippen MR) is 54.9 cm³/mol. The highest BCUT2D eigenvalue weighted by atomic mass is 16.6. The first-order valence-corrected chi connectivity index (χ1v) is 4.43. The molecule has 0 unspecified atom stereocenters. The van der Waals surface area contributed by atoms with Crippen LogP contribution < -0.4 is 0 Å². The quantitative estimate of drug-likeness (QED) is 0.511. The van der Waals surface area contributed by atoms with Gasteiger partial charge in [0, 0.05) is 0 Å². The average molecular weight is 177 g/mol. The van der Waals surface area contributed by atoms with Crippen LogP contribution in [-0.4, -0.2) is 12.8 Å². The Labute approximate surface area is 79.2 Å². The summed E-state index contributed by atoms with van der Waals surface area (Å²) in [5.41, 5.74) is 2.37. The van der Waals surface area contributed by atoms with E-state index in [4.69, 9.17) is 0 Å². The zero-order chi connectivity index (χ0) is 9.52. The lowest BCUT2D eigenvalue weighted by Crippen LogP contribution is -1.95. The van der Waals surface area contributed by atoms with Gasteiger partial charge in [0.2, 0.25) is 0 Å². The van der Waals surface area contributed by atoms with Gasteiger partial charge < -0.3 is 4.84 Å². The molecule has 0 radical (unpaired) electrons. The normalized spacial score (nSPS) is 11.4. The number of hydrogen-bond acceptors (Lipinski definition) is 2. The molecule has 1 aromatic rings. The van der Waals surface area contributed by atoms with Crippen LogP contribution in [-0.2, 0) is 11.3 Å². The maximum Gasteiger partial charge on any atom is 0.106 e. The van der Waals surface area contributed by atoms with Gasteiger partial charge in [0.05, 0.1) is 5.71 Å². The van der Waals surface area contributed by atoms with Gasteiger partial charge in [-0.15, -0.1) is 0 Å². The first-order chi connectivity index (χ1) is 6.33. The summed E-state index contributed by atoms with van der Waals surface area (Å²) in [5, 5.41) is 3.86. The molecule has 0 N–H and O–H groups in total. The molecule has 2 nitrogen and oxygen atoms in total. The Hall–Kier alpha value is -1.31. The van der Waals surface area contributed by atoms with Crippen molar-refractivity contribution in [3.8, 4) is 0 Å². The van der Waals surface area contributed by atoms with E-state index in [-0.39, 0.29) is 0 Å². The van der Waals surface area contributed by atoms with E-state index < -0.39 is 0 Å². The summed E-state index contributed by atoms with van der Waals surface area (Å²) in [4.78, 5) is 4.68. The highest BCUT2D eigenvalue weighted by molar-refractivity contribution is 5.81. The third-order valence-corrected chi connectivity index (χ3v) is 1.87. The Morgan fingerprint density at radius 3 is 2.62 bits per heavy atom. The minimum atomic E-state index is 0.956. The predicted octanol–water partition coefficient (Wildman–Crippen LogP) is 2.64. The molecule has 0 aliphatic carbocycles. The molecule has 0 heterocycles. The van der Waals surface area contributed by atoms with E-state index in [1.807, 2.05) is 13.0 Å². The minimum absolute atomic E-state index is 0.956. The van der Waals surface area contributed by atoms with Crippen LogP contribution >= 0.6 is 0 Å². The summed E-state index contributed by atoms with van der Waals surface area (Å²) < 4.78 is 0. The van der Waals surface area contributed by atoms with Crippen molar-refractivity contribution >= 4 is 5.71 Å². The fourth-order valence-electron chi connectivity index (χ4n) is 1.17. The van der Waals surface area contributed by atoms with Crippen molar-refractivity contribution in [1.82, 2.24) is 0 Å². The van der Waals surface area contributed by atoms with Crippen LogP contribution in [0.5, 0.6) is 0 Å². The molecule has 2 heteroatoms. The van der Waals surface area contributed by atoms with Gasteiger partial charge in [0.1, 0.15) is 7.11 Å². The number of oxime groups is 1. The number of hydrogen-bond donors (Lipinski definition) is 0. The molecule has 0 saturated carbocycles. The Morgan fingerprint density at radius 1 is 1.31 bits per heavy atom. The van der Waals surface area contributed by atoms with Crippen molar-refractivity contribution in [2.24, 2.45) is 5.16 Å². The number of nitrogens with zero attached hydrogens (tertiary/aromatic N) is 1. The van der Waals surface area contributed by atoms with Crippen molar-refractivity contribution in [3.63, 3.8) is 0 Å². The lowest BCUT2D eigenvalue weighted by Gasteiger charge is -1.99. The Kier molecular flexibility index (Phi) is 4.03. The molecule has 0 spiro atoms. The Morgan fingerprint density at radius 2 is 2.00 bits per heavy atom. The maximum atomic E-state index is 4.68. The molecule has 0 bridgehead atoms. The second-order valence-corrected chi connectivity index (χ2v) is 2.99. The molecular formula is C11H15NO. The standard InChI is InChI=1S/C11H15NO/c1-10(12-13-2)8-9-11-6-4-3-5-7-11/h3-7H,8-9H2,1-2H3/b12-10-. The Bertz CT molecular complexity index is 267. The number of benzene rings is 1. The zero-order valence-corrected chi connectivity index (χ0v) is 8.16. The van der Waals surface area contributed by atoms with Crippen LogP contribution in [0.4, 0.5) is 0 Å². The van der Waals surface area contributed by atoms with Crippen LogP contribution in [0.25, 0.3) is 0 Å². The van der Waals surface area contributed by atoms with E-state index in [0.29, 0.717) is 0 Å². The van der Waals surface area contributed by atoms with Crippen LogP contribution in [0.3, 0.4) is 0 Å². The van der Waals surface area contributed by atoms with Gasteiger partial charge in [0.15, 0.2) is 0 Å². The fraction of sp³-hybridized carbons (Fsp3) is 0.364. The van der Waals surface area contributed by atoms with Crippen molar-refractivity contribution < 1.29 is 4.84 Å². The minimum Gasteiger partial charge on any atom is -0.399 e. The van der Waals surface area contributed by atoms with Gasteiger partial charge in [-0.3, -0.25) is 0 Å².